The highest BCUT2D eigenvalue weighted by atomic mass is 35.5. The van der Waals surface area contributed by atoms with Crippen LogP contribution < -0.4 is 9.46 Å². The van der Waals surface area contributed by atoms with Gasteiger partial charge in [0, 0.05) is 16.4 Å². The number of thiophene rings is 1. The van der Waals surface area contributed by atoms with Crippen LogP contribution in [0.5, 0.6) is 5.75 Å². The molecule has 32 heavy (non-hydrogen) atoms. The van der Waals surface area contributed by atoms with Crippen LogP contribution in [0.15, 0.2) is 59.5 Å². The molecule has 0 saturated carbocycles. The van der Waals surface area contributed by atoms with Gasteiger partial charge in [0.05, 0.1) is 17.6 Å². The molecule has 0 aliphatic carbocycles. The first-order chi connectivity index (χ1) is 15.2. The van der Waals surface area contributed by atoms with Crippen LogP contribution in [0.1, 0.15) is 30.5 Å². The van der Waals surface area contributed by atoms with Crippen LogP contribution >= 0.6 is 22.9 Å². The van der Waals surface area contributed by atoms with E-state index in [0.717, 1.165) is 10.9 Å². The summed E-state index contributed by atoms with van der Waals surface area (Å²) in [5.41, 5.74) is 0.683. The highest BCUT2D eigenvalue weighted by molar-refractivity contribution is 7.89. The number of aryl methyl sites for hydroxylation is 1. The van der Waals surface area contributed by atoms with Crippen LogP contribution in [0.2, 0.25) is 5.02 Å². The predicted molar refractivity (Wildman–Crippen MR) is 122 cm³/mol. The largest absolute Gasteiger partial charge is 0.495 e. The number of hydrogen-bond donors (Lipinski definition) is 1. The van der Waals surface area contributed by atoms with Crippen LogP contribution in [0.3, 0.4) is 0 Å². The van der Waals surface area contributed by atoms with E-state index in [0.29, 0.717) is 15.5 Å². The average Bonchev–Trinajstić information content (AvgIpc) is 3.22. The van der Waals surface area contributed by atoms with Gasteiger partial charge in [-0.15, -0.1) is 11.3 Å². The van der Waals surface area contributed by atoms with Crippen molar-refractivity contribution in [1.29, 1.82) is 0 Å². The molecule has 1 heterocycles. The molecule has 0 fully saturated rings. The molecule has 2 aromatic carbocycles. The SMILES string of the molecule is COc1ccc(C(=O)OCC(=O)c2ccc(C)s2)cc1S(=O)(=O)NCc1ccc(Cl)cc1. The summed E-state index contributed by atoms with van der Waals surface area (Å²) >= 11 is 7.15. The van der Waals surface area contributed by atoms with Crippen molar-refractivity contribution >= 4 is 44.7 Å². The van der Waals surface area contributed by atoms with E-state index in [4.69, 9.17) is 21.1 Å². The number of ether oxygens (including phenoxy) is 2. The molecule has 0 atom stereocenters. The fraction of sp³-hybridized carbons (Fsp3) is 0.182. The van der Waals surface area contributed by atoms with Crippen LogP contribution in [0.4, 0.5) is 0 Å². The van der Waals surface area contributed by atoms with Gasteiger partial charge in [-0.3, -0.25) is 4.79 Å². The number of esters is 1. The van der Waals surface area contributed by atoms with Crippen molar-refractivity contribution in [3.05, 3.63) is 80.5 Å². The number of carbonyl (C=O) groups is 2. The second-order valence-electron chi connectivity index (χ2n) is 6.73. The molecule has 0 aliphatic rings. The van der Waals surface area contributed by atoms with E-state index < -0.39 is 22.6 Å². The standard InChI is InChI=1S/C22H20ClNO6S2/c1-14-3-10-20(31-14)18(25)13-30-22(26)16-6-9-19(29-2)21(11-16)32(27,28)24-12-15-4-7-17(23)8-5-15/h3-11,24H,12-13H2,1-2H3. The molecule has 3 rings (SSSR count). The van der Waals surface area contributed by atoms with Crippen molar-refractivity contribution in [3.63, 3.8) is 0 Å². The van der Waals surface area contributed by atoms with Crippen molar-refractivity contribution in [1.82, 2.24) is 4.72 Å². The second-order valence-corrected chi connectivity index (χ2v) is 10.2. The molecule has 0 unspecified atom stereocenters. The number of nitrogens with one attached hydrogen (secondary N) is 1. The summed E-state index contributed by atoms with van der Waals surface area (Å²) in [7, 11) is -2.69. The third-order valence-electron chi connectivity index (χ3n) is 4.42. The number of ketones is 1. The predicted octanol–water partition coefficient (Wildman–Crippen LogP) is 4.24. The molecule has 0 bridgehead atoms. The van der Waals surface area contributed by atoms with Gasteiger partial charge < -0.3 is 9.47 Å². The van der Waals surface area contributed by atoms with Gasteiger partial charge in [-0.1, -0.05) is 23.7 Å². The summed E-state index contributed by atoms with van der Waals surface area (Å²) in [6, 6.07) is 14.1. The number of rotatable bonds is 9. The van der Waals surface area contributed by atoms with Gasteiger partial charge in [0.15, 0.2) is 6.61 Å². The van der Waals surface area contributed by atoms with Crippen LogP contribution in [-0.4, -0.2) is 33.9 Å². The smallest absolute Gasteiger partial charge is 0.338 e. The maximum Gasteiger partial charge on any atom is 0.338 e. The molecule has 1 aromatic heterocycles. The van der Waals surface area contributed by atoms with E-state index in [1.165, 1.54) is 30.6 Å². The molecule has 0 amide bonds. The van der Waals surface area contributed by atoms with Crippen molar-refractivity contribution in [2.75, 3.05) is 13.7 Å². The molecule has 0 saturated heterocycles. The monoisotopic (exact) mass is 493 g/mol. The lowest BCUT2D eigenvalue weighted by molar-refractivity contribution is 0.0475. The van der Waals surface area contributed by atoms with E-state index in [-0.39, 0.29) is 28.5 Å². The molecule has 0 radical (unpaired) electrons. The van der Waals surface area contributed by atoms with Gasteiger partial charge in [-0.2, -0.15) is 0 Å². The molecular formula is C22H20ClNO6S2. The van der Waals surface area contributed by atoms with Gasteiger partial charge >= 0.3 is 5.97 Å². The molecule has 10 heteroatoms. The van der Waals surface area contributed by atoms with E-state index >= 15 is 0 Å². The Hall–Kier alpha value is -2.72. The summed E-state index contributed by atoms with van der Waals surface area (Å²) in [4.78, 5) is 25.8. The van der Waals surface area contributed by atoms with Gasteiger partial charge in [0.2, 0.25) is 15.8 Å². The quantitative estimate of drug-likeness (QED) is 0.353. The summed E-state index contributed by atoms with van der Waals surface area (Å²) < 4.78 is 38.4. The van der Waals surface area contributed by atoms with Crippen molar-refractivity contribution in [3.8, 4) is 5.75 Å². The first-order valence-corrected chi connectivity index (χ1v) is 12.1. The first kappa shape index (κ1) is 23.9. The second kappa shape index (κ2) is 10.3. The summed E-state index contributed by atoms with van der Waals surface area (Å²) in [5.74, 6) is -1.08. The normalized spacial score (nSPS) is 11.2. The lowest BCUT2D eigenvalue weighted by Gasteiger charge is -2.12. The molecule has 0 spiro atoms. The fourth-order valence-electron chi connectivity index (χ4n) is 2.74. The van der Waals surface area contributed by atoms with Crippen molar-refractivity contribution < 1.29 is 27.5 Å². The number of methoxy groups -OCH3 is 1. The number of Topliss-reactive ketones (excluding diaryl/α,β-unsaturated/α-hetero) is 1. The van der Waals surface area contributed by atoms with Crippen molar-refractivity contribution in [2.45, 2.75) is 18.4 Å². The Kier molecular flexibility index (Phi) is 7.68. The minimum Gasteiger partial charge on any atom is -0.495 e. The maximum absolute atomic E-state index is 12.9. The Labute approximate surface area is 195 Å². The number of benzene rings is 2. The van der Waals surface area contributed by atoms with Gasteiger partial charge in [-0.25, -0.2) is 17.9 Å². The molecule has 3 aromatic rings. The van der Waals surface area contributed by atoms with Crippen LogP contribution in [-0.2, 0) is 21.3 Å². The number of carbonyl (C=O) groups excluding carboxylic acids is 2. The highest BCUT2D eigenvalue weighted by Gasteiger charge is 2.22. The zero-order valence-corrected chi connectivity index (χ0v) is 19.6. The zero-order valence-electron chi connectivity index (χ0n) is 17.3. The minimum absolute atomic E-state index is 0.0199. The summed E-state index contributed by atoms with van der Waals surface area (Å²) in [6.07, 6.45) is 0. The van der Waals surface area contributed by atoms with E-state index in [9.17, 15) is 18.0 Å². The molecular weight excluding hydrogens is 474 g/mol. The fourth-order valence-corrected chi connectivity index (χ4v) is 4.87. The lowest BCUT2D eigenvalue weighted by atomic mass is 10.2. The summed E-state index contributed by atoms with van der Waals surface area (Å²) in [5, 5.41) is 0.539. The zero-order chi connectivity index (χ0) is 23.3. The maximum atomic E-state index is 12.9. The number of hydrogen-bond acceptors (Lipinski definition) is 7. The molecule has 1 N–H and O–H groups in total. The number of sulfonamides is 1. The Morgan fingerprint density at radius 1 is 1.06 bits per heavy atom. The van der Waals surface area contributed by atoms with Gasteiger partial charge in [0.25, 0.3) is 0 Å². The van der Waals surface area contributed by atoms with E-state index in [1.807, 2.05) is 6.92 Å². The van der Waals surface area contributed by atoms with Crippen LogP contribution in [0, 0.1) is 6.92 Å². The number of halogens is 1. The Balaban J connectivity index is 1.74. The minimum atomic E-state index is -4.02. The van der Waals surface area contributed by atoms with Crippen molar-refractivity contribution in [2.24, 2.45) is 0 Å². The van der Waals surface area contributed by atoms with Gasteiger partial charge in [0.1, 0.15) is 10.6 Å². The Morgan fingerprint density at radius 3 is 2.41 bits per heavy atom. The average molecular weight is 494 g/mol. The topological polar surface area (TPSA) is 98.8 Å². The summed E-state index contributed by atoms with van der Waals surface area (Å²) in [6.45, 7) is 1.45. The van der Waals surface area contributed by atoms with E-state index in [1.54, 1.807) is 36.4 Å². The van der Waals surface area contributed by atoms with E-state index in [2.05, 4.69) is 4.72 Å². The highest BCUT2D eigenvalue weighted by Crippen LogP contribution is 2.26. The third-order valence-corrected chi connectivity index (χ3v) is 7.13. The van der Waals surface area contributed by atoms with Crippen LogP contribution in [0.25, 0.3) is 0 Å². The van der Waals surface area contributed by atoms with Gasteiger partial charge in [-0.05, 0) is 55.0 Å². The lowest BCUT2D eigenvalue weighted by Crippen LogP contribution is -2.24. The molecule has 168 valence electrons. The Morgan fingerprint density at radius 2 is 1.78 bits per heavy atom. The first-order valence-electron chi connectivity index (χ1n) is 9.38. The third kappa shape index (κ3) is 5.95. The molecule has 7 nitrogen and oxygen atoms in total. The molecule has 0 aliphatic heterocycles. The Bertz CT molecular complexity index is 1240.